The second-order valence-electron chi connectivity index (χ2n) is 5.82. The fraction of sp³-hybridized carbons (Fsp3) is 0.857. The van der Waals surface area contributed by atoms with E-state index in [0.717, 1.165) is 26.1 Å². The van der Waals surface area contributed by atoms with Gasteiger partial charge in [-0.3, -0.25) is 0 Å². The Hall–Kier alpha value is -0.560. The van der Waals surface area contributed by atoms with Crippen LogP contribution in [0.5, 0.6) is 0 Å². The Bertz CT molecular complexity index is 285. The monoisotopic (exact) mass is 238 g/mol. The summed E-state index contributed by atoms with van der Waals surface area (Å²) in [5.41, 5.74) is 0.0858. The summed E-state index contributed by atoms with van der Waals surface area (Å²) < 4.78 is 5.81. The van der Waals surface area contributed by atoms with Gasteiger partial charge in [0.2, 0.25) is 0 Å². The second-order valence-corrected chi connectivity index (χ2v) is 5.82. The van der Waals surface area contributed by atoms with Gasteiger partial charge in [0.1, 0.15) is 0 Å². The number of nitrogens with one attached hydrogen (secondary N) is 1. The van der Waals surface area contributed by atoms with Crippen LogP contribution in [0.25, 0.3) is 0 Å². The van der Waals surface area contributed by atoms with E-state index in [1.54, 1.807) is 0 Å². The highest BCUT2D eigenvalue weighted by molar-refractivity contribution is 5.09. The van der Waals surface area contributed by atoms with Gasteiger partial charge in [-0.2, -0.15) is 0 Å². The molecule has 17 heavy (non-hydrogen) atoms. The molecule has 0 spiro atoms. The van der Waals surface area contributed by atoms with Crippen LogP contribution in [-0.2, 0) is 4.74 Å². The maximum atomic E-state index is 5.81. The molecule has 3 nitrogen and oxygen atoms in total. The van der Waals surface area contributed by atoms with Crippen molar-refractivity contribution in [3.05, 3.63) is 0 Å². The molecule has 0 bridgehead atoms. The molecule has 0 aromatic carbocycles. The molecular formula is C14H26N2O. The van der Waals surface area contributed by atoms with Crippen LogP contribution in [-0.4, -0.2) is 50.8 Å². The van der Waals surface area contributed by atoms with E-state index in [-0.39, 0.29) is 11.5 Å². The van der Waals surface area contributed by atoms with Crippen molar-refractivity contribution >= 4 is 0 Å². The standard InChI is InChI=1S/C14H26N2O/c1-14(2,3)8-6-7-12(15-4)13-11-16(5)9-10-17-13/h12-13,15H,7,9-11H2,1-5H3. The number of nitrogens with zero attached hydrogens (tertiary/aromatic N) is 1. The molecule has 1 N–H and O–H groups in total. The van der Waals surface area contributed by atoms with Crippen molar-refractivity contribution in [1.82, 2.24) is 10.2 Å². The summed E-state index contributed by atoms with van der Waals surface area (Å²) in [4.78, 5) is 2.32. The highest BCUT2D eigenvalue weighted by Gasteiger charge is 2.24. The van der Waals surface area contributed by atoms with Crippen LogP contribution in [0, 0.1) is 17.3 Å². The lowest BCUT2D eigenvalue weighted by molar-refractivity contribution is -0.0364. The minimum absolute atomic E-state index is 0.0858. The molecule has 0 radical (unpaired) electrons. The number of hydrogen-bond donors (Lipinski definition) is 1. The highest BCUT2D eigenvalue weighted by atomic mass is 16.5. The third-order valence-electron chi connectivity index (χ3n) is 2.90. The van der Waals surface area contributed by atoms with Crippen LogP contribution >= 0.6 is 0 Å². The van der Waals surface area contributed by atoms with Gasteiger partial charge >= 0.3 is 0 Å². The van der Waals surface area contributed by atoms with E-state index in [1.165, 1.54) is 0 Å². The van der Waals surface area contributed by atoms with Crippen LogP contribution in [0.4, 0.5) is 0 Å². The normalized spacial score (nSPS) is 23.9. The second kappa shape index (κ2) is 6.39. The van der Waals surface area contributed by atoms with Gasteiger partial charge in [-0.1, -0.05) is 5.92 Å². The van der Waals surface area contributed by atoms with Gasteiger partial charge in [0.25, 0.3) is 0 Å². The van der Waals surface area contributed by atoms with E-state index in [2.05, 4.69) is 49.9 Å². The van der Waals surface area contributed by atoms with Crippen LogP contribution in [0.15, 0.2) is 0 Å². The molecule has 0 saturated carbocycles. The first-order valence-corrected chi connectivity index (χ1v) is 6.40. The van der Waals surface area contributed by atoms with Crippen molar-refractivity contribution < 1.29 is 4.74 Å². The largest absolute Gasteiger partial charge is 0.374 e. The van der Waals surface area contributed by atoms with Crippen LogP contribution in [0.2, 0.25) is 0 Å². The molecular weight excluding hydrogens is 212 g/mol. The third-order valence-corrected chi connectivity index (χ3v) is 2.90. The van der Waals surface area contributed by atoms with Crippen LogP contribution in [0.1, 0.15) is 27.2 Å². The zero-order valence-corrected chi connectivity index (χ0v) is 11.8. The number of ether oxygens (including phenoxy) is 1. The van der Waals surface area contributed by atoms with E-state index < -0.39 is 0 Å². The van der Waals surface area contributed by atoms with E-state index in [4.69, 9.17) is 4.74 Å². The van der Waals surface area contributed by atoms with Crippen LogP contribution in [0.3, 0.4) is 0 Å². The average Bonchev–Trinajstić information content (AvgIpc) is 2.23. The number of hydrogen-bond acceptors (Lipinski definition) is 3. The Morgan fingerprint density at radius 1 is 1.47 bits per heavy atom. The van der Waals surface area contributed by atoms with Gasteiger partial charge in [0.15, 0.2) is 0 Å². The van der Waals surface area contributed by atoms with Crippen molar-refractivity contribution in [1.29, 1.82) is 0 Å². The molecule has 98 valence electrons. The first-order valence-electron chi connectivity index (χ1n) is 6.40. The SMILES string of the molecule is CNC(CC#CC(C)(C)C)C1CN(C)CCO1. The van der Waals surface area contributed by atoms with Gasteiger partial charge < -0.3 is 15.0 Å². The molecule has 1 saturated heterocycles. The summed E-state index contributed by atoms with van der Waals surface area (Å²) in [7, 11) is 4.13. The van der Waals surface area contributed by atoms with Crippen molar-refractivity contribution in [2.45, 2.75) is 39.3 Å². The molecule has 0 aromatic rings. The molecule has 0 aliphatic carbocycles. The Morgan fingerprint density at radius 2 is 2.18 bits per heavy atom. The summed E-state index contributed by atoms with van der Waals surface area (Å²) in [5.74, 6) is 6.56. The Balaban J connectivity index is 2.49. The Labute approximate surface area is 106 Å². The zero-order valence-electron chi connectivity index (χ0n) is 11.8. The first-order chi connectivity index (χ1) is 7.92. The maximum absolute atomic E-state index is 5.81. The van der Waals surface area contributed by atoms with E-state index in [1.807, 2.05) is 7.05 Å². The molecule has 1 fully saturated rings. The fourth-order valence-corrected chi connectivity index (χ4v) is 1.90. The summed E-state index contributed by atoms with van der Waals surface area (Å²) in [6, 6.07) is 0.326. The smallest absolute Gasteiger partial charge is 0.0864 e. The number of morpholine rings is 1. The fourth-order valence-electron chi connectivity index (χ4n) is 1.90. The molecule has 1 rings (SSSR count). The molecule has 2 atom stereocenters. The Morgan fingerprint density at radius 3 is 2.71 bits per heavy atom. The quantitative estimate of drug-likeness (QED) is 0.751. The predicted octanol–water partition coefficient (Wildman–Crippen LogP) is 1.34. The molecule has 0 amide bonds. The Kier molecular flexibility index (Phi) is 5.45. The summed E-state index contributed by atoms with van der Waals surface area (Å²) in [6.07, 6.45) is 1.11. The van der Waals surface area contributed by atoms with Gasteiger partial charge in [-0.25, -0.2) is 0 Å². The van der Waals surface area contributed by atoms with Gasteiger partial charge in [0.05, 0.1) is 12.7 Å². The minimum atomic E-state index is 0.0858. The lowest BCUT2D eigenvalue weighted by Gasteiger charge is -2.34. The predicted molar refractivity (Wildman–Crippen MR) is 71.9 cm³/mol. The summed E-state index contributed by atoms with van der Waals surface area (Å²) in [5, 5.41) is 3.32. The lowest BCUT2D eigenvalue weighted by atomic mass is 9.97. The van der Waals surface area contributed by atoms with Gasteiger partial charge in [-0.05, 0) is 34.9 Å². The van der Waals surface area contributed by atoms with E-state index in [9.17, 15) is 0 Å². The van der Waals surface area contributed by atoms with E-state index in [0.29, 0.717) is 6.04 Å². The molecule has 0 aromatic heterocycles. The first kappa shape index (κ1) is 14.5. The van der Waals surface area contributed by atoms with Crippen molar-refractivity contribution in [3.8, 4) is 11.8 Å². The number of likely N-dealkylation sites (N-methyl/N-ethyl adjacent to an activating group) is 2. The molecule has 2 unspecified atom stereocenters. The zero-order chi connectivity index (χ0) is 12.9. The molecule has 1 aliphatic heterocycles. The lowest BCUT2D eigenvalue weighted by Crippen LogP contribution is -2.50. The van der Waals surface area contributed by atoms with Gasteiger partial charge in [-0.15, -0.1) is 5.92 Å². The van der Waals surface area contributed by atoms with Crippen molar-refractivity contribution in [2.24, 2.45) is 5.41 Å². The van der Waals surface area contributed by atoms with E-state index >= 15 is 0 Å². The molecule has 1 heterocycles. The molecule has 3 heteroatoms. The average molecular weight is 238 g/mol. The van der Waals surface area contributed by atoms with Crippen molar-refractivity contribution in [3.63, 3.8) is 0 Å². The van der Waals surface area contributed by atoms with Gasteiger partial charge in [0, 0.05) is 31.0 Å². The summed E-state index contributed by atoms with van der Waals surface area (Å²) in [6.45, 7) is 9.26. The maximum Gasteiger partial charge on any atom is 0.0864 e. The molecule has 1 aliphatic rings. The highest BCUT2D eigenvalue weighted by Crippen LogP contribution is 2.12. The van der Waals surface area contributed by atoms with Crippen LogP contribution < -0.4 is 5.32 Å². The topological polar surface area (TPSA) is 24.5 Å². The number of rotatable bonds is 3. The minimum Gasteiger partial charge on any atom is -0.374 e. The third kappa shape index (κ3) is 5.54. The van der Waals surface area contributed by atoms with Crippen molar-refractivity contribution in [2.75, 3.05) is 33.8 Å². The summed E-state index contributed by atoms with van der Waals surface area (Å²) >= 11 is 0.